The van der Waals surface area contributed by atoms with Crippen LogP contribution in [-0.4, -0.2) is 45.9 Å². The number of halogens is 2. The smallest absolute Gasteiger partial charge is 0.279 e. The van der Waals surface area contributed by atoms with Crippen LogP contribution in [0.15, 0.2) is 60.5 Å². The highest BCUT2D eigenvalue weighted by Crippen LogP contribution is 2.46. The second-order valence-corrected chi connectivity index (χ2v) is 10.4. The molecule has 3 aromatic rings. The number of benzene rings is 2. The number of likely N-dealkylation sites (N-methyl/N-ethyl adjacent to an activating group) is 1. The third-order valence-corrected chi connectivity index (χ3v) is 7.29. The molecule has 2 aromatic carbocycles. The highest BCUT2D eigenvalue weighted by molar-refractivity contribution is 6.31. The fourth-order valence-corrected chi connectivity index (χ4v) is 5.29. The molecule has 0 bridgehead atoms. The molecule has 0 aliphatic carbocycles. The molecule has 9 heteroatoms. The summed E-state index contributed by atoms with van der Waals surface area (Å²) in [6.45, 7) is 6.05. The number of imidazole rings is 1. The van der Waals surface area contributed by atoms with Gasteiger partial charge in [-0.05, 0) is 62.2 Å². The van der Waals surface area contributed by atoms with Crippen molar-refractivity contribution < 1.29 is 14.6 Å². The van der Waals surface area contributed by atoms with Gasteiger partial charge in [0.05, 0.1) is 18.4 Å². The van der Waals surface area contributed by atoms with E-state index in [1.807, 2.05) is 63.2 Å². The van der Waals surface area contributed by atoms with E-state index in [1.54, 1.807) is 36.2 Å². The molecular formula is C28H28Cl2N4O3. The first-order valence-electron chi connectivity index (χ1n) is 12.0. The first-order chi connectivity index (χ1) is 17.6. The van der Waals surface area contributed by atoms with Gasteiger partial charge in [-0.15, -0.1) is 0 Å². The number of nitrogens with zero attached hydrogens (tertiary/aromatic N) is 4. The van der Waals surface area contributed by atoms with Gasteiger partial charge in [0.2, 0.25) is 0 Å². The number of amides is 1. The van der Waals surface area contributed by atoms with Gasteiger partial charge in [0.1, 0.15) is 23.9 Å². The SMILES string of the molecule is COC1=CN(C)C(O)C=C1c1nc2c(n1C(C)C)C(c1ccc(Cl)cc1)N(c1cc(Cl)ccc1C)C2=O. The van der Waals surface area contributed by atoms with Crippen LogP contribution >= 0.6 is 23.2 Å². The molecule has 7 nitrogen and oxygen atoms in total. The van der Waals surface area contributed by atoms with Crippen molar-refractivity contribution in [1.82, 2.24) is 14.5 Å². The number of hydrogen-bond acceptors (Lipinski definition) is 5. The number of allylic oxidation sites excluding steroid dienone is 1. The first kappa shape index (κ1) is 25.4. The summed E-state index contributed by atoms with van der Waals surface area (Å²) in [5.41, 5.74) is 4.28. The Labute approximate surface area is 226 Å². The third kappa shape index (κ3) is 4.21. The normalized spacial score (nSPS) is 19.3. The molecule has 0 spiro atoms. The zero-order chi connectivity index (χ0) is 26.6. The zero-order valence-electron chi connectivity index (χ0n) is 21.2. The monoisotopic (exact) mass is 538 g/mol. The number of hydrogen-bond donors (Lipinski definition) is 1. The van der Waals surface area contributed by atoms with Crippen molar-refractivity contribution in [3.63, 3.8) is 0 Å². The minimum absolute atomic E-state index is 0.0509. The van der Waals surface area contributed by atoms with E-state index in [1.165, 1.54) is 0 Å². The zero-order valence-corrected chi connectivity index (χ0v) is 22.7. The predicted molar refractivity (Wildman–Crippen MR) is 146 cm³/mol. The number of carbonyl (C=O) groups excluding carboxylic acids is 1. The highest BCUT2D eigenvalue weighted by atomic mass is 35.5. The van der Waals surface area contributed by atoms with Crippen molar-refractivity contribution in [3.8, 4) is 0 Å². The van der Waals surface area contributed by atoms with Gasteiger partial charge in [0.15, 0.2) is 5.69 Å². The second-order valence-electron chi connectivity index (χ2n) is 9.55. The average molecular weight is 539 g/mol. The van der Waals surface area contributed by atoms with E-state index in [-0.39, 0.29) is 11.9 Å². The first-order valence-corrected chi connectivity index (χ1v) is 12.7. The Balaban J connectivity index is 1.77. The van der Waals surface area contributed by atoms with Crippen LogP contribution in [0.4, 0.5) is 5.69 Å². The quantitative estimate of drug-likeness (QED) is 0.433. The Hall–Kier alpha value is -3.26. The maximum absolute atomic E-state index is 14.1. The topological polar surface area (TPSA) is 70.8 Å². The molecule has 1 N–H and O–H groups in total. The molecule has 0 saturated heterocycles. The van der Waals surface area contributed by atoms with E-state index in [4.69, 9.17) is 32.9 Å². The van der Waals surface area contributed by atoms with E-state index in [2.05, 4.69) is 4.57 Å². The molecule has 5 rings (SSSR count). The van der Waals surface area contributed by atoms with Gasteiger partial charge in [0, 0.05) is 35.0 Å². The molecule has 2 aliphatic heterocycles. The summed E-state index contributed by atoms with van der Waals surface area (Å²) < 4.78 is 7.70. The van der Waals surface area contributed by atoms with Crippen LogP contribution in [0, 0.1) is 6.92 Å². The van der Waals surface area contributed by atoms with E-state index >= 15 is 0 Å². The molecule has 2 unspecified atom stereocenters. The fraction of sp³-hybridized carbons (Fsp3) is 0.286. The number of aliphatic hydroxyl groups is 1. The Bertz CT molecular complexity index is 1440. The van der Waals surface area contributed by atoms with Gasteiger partial charge in [-0.1, -0.05) is 41.4 Å². The van der Waals surface area contributed by atoms with Crippen molar-refractivity contribution in [2.75, 3.05) is 19.1 Å². The van der Waals surface area contributed by atoms with Gasteiger partial charge in [-0.2, -0.15) is 0 Å². The molecular weight excluding hydrogens is 511 g/mol. The van der Waals surface area contributed by atoms with Crippen molar-refractivity contribution in [1.29, 1.82) is 0 Å². The lowest BCUT2D eigenvalue weighted by molar-refractivity contribution is 0.0919. The summed E-state index contributed by atoms with van der Waals surface area (Å²) in [5, 5.41) is 11.7. The maximum atomic E-state index is 14.1. The minimum atomic E-state index is -0.852. The predicted octanol–water partition coefficient (Wildman–Crippen LogP) is 5.96. The molecule has 0 radical (unpaired) electrons. The summed E-state index contributed by atoms with van der Waals surface area (Å²) in [5.74, 6) is 0.893. The second kappa shape index (κ2) is 9.56. The van der Waals surface area contributed by atoms with E-state index < -0.39 is 12.3 Å². The summed E-state index contributed by atoms with van der Waals surface area (Å²) in [6.07, 6.45) is 2.56. The van der Waals surface area contributed by atoms with Crippen LogP contribution < -0.4 is 4.90 Å². The van der Waals surface area contributed by atoms with Gasteiger partial charge < -0.3 is 19.3 Å². The standard InChI is InChI=1S/C28H28Cl2N4O3/c1-15(2)33-26-24(31-27(33)20-13-23(35)32(4)14-22(20)37-5)28(36)34(21-12-19(30)9-6-16(21)3)25(26)17-7-10-18(29)11-8-17/h6-15,23,25,35H,1-5H3. The summed E-state index contributed by atoms with van der Waals surface area (Å²) in [7, 11) is 3.34. The number of fused-ring (bicyclic) bond motifs is 1. The molecule has 37 heavy (non-hydrogen) atoms. The van der Waals surface area contributed by atoms with Crippen molar-refractivity contribution in [2.45, 2.75) is 39.1 Å². The van der Waals surface area contributed by atoms with Crippen molar-refractivity contribution in [2.24, 2.45) is 0 Å². The lowest BCUT2D eigenvalue weighted by Crippen LogP contribution is -2.32. The summed E-state index contributed by atoms with van der Waals surface area (Å²) >= 11 is 12.6. The van der Waals surface area contributed by atoms with Crippen molar-refractivity contribution in [3.05, 3.63) is 98.9 Å². The summed E-state index contributed by atoms with van der Waals surface area (Å²) in [6, 6.07) is 12.5. The Kier molecular flexibility index (Phi) is 6.56. The molecule has 2 atom stereocenters. The van der Waals surface area contributed by atoms with Gasteiger partial charge >= 0.3 is 0 Å². The molecule has 3 heterocycles. The number of rotatable bonds is 5. The molecule has 0 saturated carbocycles. The molecule has 1 aromatic heterocycles. The van der Waals surface area contributed by atoms with Crippen LogP contribution in [0.2, 0.25) is 10.0 Å². The average Bonchev–Trinajstić information content (AvgIpc) is 3.38. The van der Waals surface area contributed by atoms with E-state index in [0.29, 0.717) is 32.9 Å². The molecule has 192 valence electrons. The number of aliphatic hydroxyl groups excluding tert-OH is 1. The van der Waals surface area contributed by atoms with Crippen LogP contribution in [0.3, 0.4) is 0 Å². The maximum Gasteiger partial charge on any atom is 0.279 e. The van der Waals surface area contributed by atoms with Crippen LogP contribution in [-0.2, 0) is 4.74 Å². The van der Waals surface area contributed by atoms with E-state index in [9.17, 15) is 9.90 Å². The number of ether oxygens (including phenoxy) is 1. The lowest BCUT2D eigenvalue weighted by Gasteiger charge is -2.31. The van der Waals surface area contributed by atoms with Crippen LogP contribution in [0.1, 0.15) is 59.1 Å². The van der Waals surface area contributed by atoms with Gasteiger partial charge in [-0.3, -0.25) is 9.69 Å². The number of aryl methyl sites for hydroxylation is 1. The van der Waals surface area contributed by atoms with Gasteiger partial charge in [-0.25, -0.2) is 4.98 Å². The molecule has 1 amide bonds. The Morgan fingerprint density at radius 1 is 1.08 bits per heavy atom. The van der Waals surface area contributed by atoms with Crippen molar-refractivity contribution >= 4 is 40.4 Å². The van der Waals surface area contributed by atoms with E-state index in [0.717, 1.165) is 22.5 Å². The largest absolute Gasteiger partial charge is 0.494 e. The van der Waals surface area contributed by atoms with Crippen LogP contribution in [0.25, 0.3) is 5.57 Å². The molecule has 0 fully saturated rings. The van der Waals surface area contributed by atoms with Crippen LogP contribution in [0.5, 0.6) is 0 Å². The van der Waals surface area contributed by atoms with Gasteiger partial charge in [0.25, 0.3) is 5.91 Å². The number of carbonyl (C=O) groups is 1. The number of aromatic nitrogens is 2. The third-order valence-electron chi connectivity index (χ3n) is 6.80. The highest BCUT2D eigenvalue weighted by Gasteiger charge is 2.45. The lowest BCUT2D eigenvalue weighted by atomic mass is 10.0. The molecule has 2 aliphatic rings. The number of anilines is 1. The number of methoxy groups -OCH3 is 1. The fourth-order valence-electron chi connectivity index (χ4n) is 5.00. The Morgan fingerprint density at radius 3 is 2.41 bits per heavy atom. The minimum Gasteiger partial charge on any atom is -0.494 e. The Morgan fingerprint density at radius 2 is 1.76 bits per heavy atom. The summed E-state index contributed by atoms with van der Waals surface area (Å²) in [4.78, 5) is 22.4.